The second-order valence-corrected chi connectivity index (χ2v) is 7.67. The van der Waals surface area contributed by atoms with Crippen LogP contribution in [0, 0.1) is 6.92 Å². The first kappa shape index (κ1) is 22.0. The number of piperazine rings is 1. The van der Waals surface area contributed by atoms with Crippen LogP contribution in [0.1, 0.15) is 25.3 Å². The lowest BCUT2D eigenvalue weighted by Crippen LogP contribution is -2.44. The highest BCUT2D eigenvalue weighted by atomic mass is 16.5. The van der Waals surface area contributed by atoms with E-state index < -0.39 is 0 Å². The Balaban J connectivity index is 1.44. The summed E-state index contributed by atoms with van der Waals surface area (Å²) in [5, 5.41) is 3.00. The number of benzene rings is 2. The Bertz CT molecular complexity index is 832. The second kappa shape index (κ2) is 10.9. The Morgan fingerprint density at radius 3 is 2.40 bits per heavy atom. The van der Waals surface area contributed by atoms with E-state index in [1.165, 1.54) is 11.3 Å². The maximum atomic E-state index is 12.3. The topological polar surface area (TPSA) is 54.0 Å². The van der Waals surface area contributed by atoms with Gasteiger partial charge in [0.1, 0.15) is 0 Å². The molecule has 1 amide bonds. The van der Waals surface area contributed by atoms with Crippen LogP contribution in [0.4, 0.5) is 11.4 Å². The molecule has 0 atom stereocenters. The van der Waals surface area contributed by atoms with Gasteiger partial charge in [-0.05, 0) is 63.2 Å². The molecule has 0 aliphatic carbocycles. The van der Waals surface area contributed by atoms with E-state index in [0.29, 0.717) is 26.1 Å². The molecular weight excluding hydrogens is 378 g/mol. The summed E-state index contributed by atoms with van der Waals surface area (Å²) in [7, 11) is 2.16. The van der Waals surface area contributed by atoms with Gasteiger partial charge >= 0.3 is 0 Å². The molecular formula is C24H33N3O3. The van der Waals surface area contributed by atoms with Crippen LogP contribution in [-0.2, 0) is 4.79 Å². The van der Waals surface area contributed by atoms with Gasteiger partial charge in [-0.3, -0.25) is 4.79 Å². The van der Waals surface area contributed by atoms with Gasteiger partial charge in [0.2, 0.25) is 5.91 Å². The summed E-state index contributed by atoms with van der Waals surface area (Å²) in [6, 6.07) is 13.8. The smallest absolute Gasteiger partial charge is 0.224 e. The summed E-state index contributed by atoms with van der Waals surface area (Å²) in [6.45, 7) is 9.34. The van der Waals surface area contributed by atoms with Crippen LogP contribution in [-0.4, -0.2) is 57.2 Å². The molecule has 1 aliphatic heterocycles. The number of carbonyl (C=O) groups excluding carboxylic acids is 1. The maximum Gasteiger partial charge on any atom is 0.224 e. The van der Waals surface area contributed by atoms with Gasteiger partial charge in [0.05, 0.1) is 13.2 Å². The van der Waals surface area contributed by atoms with Crippen LogP contribution in [0.3, 0.4) is 0 Å². The zero-order chi connectivity index (χ0) is 21.3. The number of likely N-dealkylation sites (N-methyl/N-ethyl adjacent to an activating group) is 1. The molecule has 2 aromatic carbocycles. The number of nitrogens with zero attached hydrogens (tertiary/aromatic N) is 2. The van der Waals surface area contributed by atoms with Crippen LogP contribution in [0.2, 0.25) is 0 Å². The monoisotopic (exact) mass is 411 g/mol. The van der Waals surface area contributed by atoms with Crippen LogP contribution in [0.15, 0.2) is 42.5 Å². The normalized spacial score (nSPS) is 14.4. The zero-order valence-electron chi connectivity index (χ0n) is 18.3. The van der Waals surface area contributed by atoms with Gasteiger partial charge in [-0.1, -0.05) is 12.1 Å². The molecule has 3 rings (SSSR count). The van der Waals surface area contributed by atoms with Crippen LogP contribution < -0.4 is 19.7 Å². The molecule has 6 heteroatoms. The standard InChI is InChI=1S/C24H33N3O3/c1-4-29-22-8-5-6-9-23(22)30-17-7-10-24(28)25-20-11-12-21(19(2)18-20)27-15-13-26(3)14-16-27/h5-6,8-9,11-12,18H,4,7,10,13-17H2,1-3H3,(H,25,28). The van der Waals surface area contributed by atoms with Crippen molar-refractivity contribution >= 4 is 17.3 Å². The predicted octanol–water partition coefficient (Wildman–Crippen LogP) is 3.94. The third-order valence-corrected chi connectivity index (χ3v) is 5.28. The fraction of sp³-hybridized carbons (Fsp3) is 0.458. The first-order chi connectivity index (χ1) is 14.6. The van der Waals surface area contributed by atoms with Crippen LogP contribution in [0.5, 0.6) is 11.5 Å². The predicted molar refractivity (Wildman–Crippen MR) is 122 cm³/mol. The number of nitrogens with one attached hydrogen (secondary N) is 1. The molecule has 0 bridgehead atoms. The number of rotatable bonds is 9. The van der Waals surface area contributed by atoms with Gasteiger partial charge < -0.3 is 24.6 Å². The Morgan fingerprint density at radius 2 is 1.73 bits per heavy atom. The largest absolute Gasteiger partial charge is 0.490 e. The Hall–Kier alpha value is -2.73. The fourth-order valence-electron chi connectivity index (χ4n) is 3.62. The molecule has 1 aliphatic rings. The Morgan fingerprint density at radius 1 is 1.03 bits per heavy atom. The quantitative estimate of drug-likeness (QED) is 0.634. The molecule has 0 spiro atoms. The number of carbonyl (C=O) groups is 1. The van der Waals surface area contributed by atoms with E-state index in [0.717, 1.165) is 43.4 Å². The lowest BCUT2D eigenvalue weighted by atomic mass is 10.1. The zero-order valence-corrected chi connectivity index (χ0v) is 18.3. The second-order valence-electron chi connectivity index (χ2n) is 7.67. The number of hydrogen-bond donors (Lipinski definition) is 1. The van der Waals surface area contributed by atoms with Gasteiger partial charge in [-0.2, -0.15) is 0 Å². The first-order valence-corrected chi connectivity index (χ1v) is 10.8. The number of hydrogen-bond acceptors (Lipinski definition) is 5. The number of aryl methyl sites for hydroxylation is 1. The van der Waals surface area contributed by atoms with E-state index in [9.17, 15) is 4.79 Å². The molecule has 1 saturated heterocycles. The Labute approximate surface area is 179 Å². The van der Waals surface area contributed by atoms with E-state index in [-0.39, 0.29) is 5.91 Å². The molecule has 0 unspecified atom stereocenters. The highest BCUT2D eigenvalue weighted by Crippen LogP contribution is 2.27. The van der Waals surface area contributed by atoms with Crippen molar-refractivity contribution < 1.29 is 14.3 Å². The SMILES string of the molecule is CCOc1ccccc1OCCCC(=O)Nc1ccc(N2CCN(C)CC2)c(C)c1. The van der Waals surface area contributed by atoms with Gasteiger partial charge in [0.15, 0.2) is 11.5 Å². The summed E-state index contributed by atoms with van der Waals surface area (Å²) < 4.78 is 11.3. The average Bonchev–Trinajstić information content (AvgIpc) is 2.73. The summed E-state index contributed by atoms with van der Waals surface area (Å²) in [5.41, 5.74) is 3.29. The molecule has 6 nitrogen and oxygen atoms in total. The number of ether oxygens (including phenoxy) is 2. The lowest BCUT2D eigenvalue weighted by Gasteiger charge is -2.35. The summed E-state index contributed by atoms with van der Waals surface area (Å²) in [6.07, 6.45) is 1.06. The van der Waals surface area contributed by atoms with Crippen LogP contribution >= 0.6 is 0 Å². The molecule has 0 radical (unpaired) electrons. The van der Waals surface area contributed by atoms with Crippen molar-refractivity contribution in [2.45, 2.75) is 26.7 Å². The van der Waals surface area contributed by atoms with E-state index in [2.05, 4.69) is 41.2 Å². The van der Waals surface area contributed by atoms with Crippen molar-refractivity contribution in [3.63, 3.8) is 0 Å². The highest BCUT2D eigenvalue weighted by Gasteiger charge is 2.16. The van der Waals surface area contributed by atoms with E-state index >= 15 is 0 Å². The van der Waals surface area contributed by atoms with Crippen molar-refractivity contribution in [3.05, 3.63) is 48.0 Å². The Kier molecular flexibility index (Phi) is 7.97. The minimum atomic E-state index is 0.00319. The van der Waals surface area contributed by atoms with Crippen molar-refractivity contribution in [2.24, 2.45) is 0 Å². The summed E-state index contributed by atoms with van der Waals surface area (Å²) >= 11 is 0. The molecule has 0 saturated carbocycles. The minimum absolute atomic E-state index is 0.00319. The van der Waals surface area contributed by atoms with Crippen molar-refractivity contribution in [2.75, 3.05) is 56.7 Å². The van der Waals surface area contributed by atoms with Gasteiger partial charge in [0.25, 0.3) is 0 Å². The minimum Gasteiger partial charge on any atom is -0.490 e. The fourth-order valence-corrected chi connectivity index (χ4v) is 3.62. The lowest BCUT2D eigenvalue weighted by molar-refractivity contribution is -0.116. The molecule has 1 fully saturated rings. The summed E-state index contributed by atoms with van der Waals surface area (Å²) in [5.74, 6) is 1.46. The van der Waals surface area contributed by atoms with Gasteiger partial charge in [-0.25, -0.2) is 0 Å². The molecule has 162 valence electrons. The van der Waals surface area contributed by atoms with E-state index in [4.69, 9.17) is 9.47 Å². The van der Waals surface area contributed by atoms with E-state index in [1.807, 2.05) is 37.3 Å². The number of para-hydroxylation sites is 2. The van der Waals surface area contributed by atoms with Crippen molar-refractivity contribution in [3.8, 4) is 11.5 Å². The number of amides is 1. The van der Waals surface area contributed by atoms with E-state index in [1.54, 1.807) is 0 Å². The molecule has 0 aromatic heterocycles. The number of anilines is 2. The third-order valence-electron chi connectivity index (χ3n) is 5.28. The molecule has 1 heterocycles. The van der Waals surface area contributed by atoms with Crippen LogP contribution in [0.25, 0.3) is 0 Å². The molecule has 2 aromatic rings. The average molecular weight is 412 g/mol. The third kappa shape index (κ3) is 6.13. The first-order valence-electron chi connectivity index (χ1n) is 10.8. The van der Waals surface area contributed by atoms with Crippen molar-refractivity contribution in [1.82, 2.24) is 4.90 Å². The molecule has 30 heavy (non-hydrogen) atoms. The summed E-state index contributed by atoms with van der Waals surface area (Å²) in [4.78, 5) is 17.1. The highest BCUT2D eigenvalue weighted by molar-refractivity contribution is 5.91. The molecule has 1 N–H and O–H groups in total. The van der Waals surface area contributed by atoms with Gasteiger partial charge in [0, 0.05) is 44.0 Å². The van der Waals surface area contributed by atoms with Gasteiger partial charge in [-0.15, -0.1) is 0 Å². The maximum absolute atomic E-state index is 12.3. The van der Waals surface area contributed by atoms with Crippen molar-refractivity contribution in [1.29, 1.82) is 0 Å².